The SMILES string of the molecule is CC1C=C2CC(O)CC[C@]2(C)[C@H]2CC[C@]3(C)C(C4CCCNC4)=C(O)C[C@H]3[C@H]12. The summed E-state index contributed by atoms with van der Waals surface area (Å²) in [5.74, 6) is 3.79. The van der Waals surface area contributed by atoms with Gasteiger partial charge in [0.25, 0.3) is 0 Å². The van der Waals surface area contributed by atoms with Crippen LogP contribution in [-0.4, -0.2) is 29.4 Å². The number of aliphatic hydroxyl groups is 2. The Balaban J connectivity index is 1.49. The highest BCUT2D eigenvalue weighted by atomic mass is 16.3. The van der Waals surface area contributed by atoms with Crippen molar-refractivity contribution in [3.63, 3.8) is 0 Å². The first-order chi connectivity index (χ1) is 13.3. The molecule has 8 atom stereocenters. The number of piperidine rings is 1. The molecule has 0 aromatic rings. The van der Waals surface area contributed by atoms with E-state index in [0.29, 0.717) is 29.6 Å². The molecule has 3 nitrogen and oxygen atoms in total. The molecule has 156 valence electrons. The molecule has 1 saturated heterocycles. The van der Waals surface area contributed by atoms with Crippen molar-refractivity contribution in [3.05, 3.63) is 23.0 Å². The number of hydrogen-bond acceptors (Lipinski definition) is 3. The van der Waals surface area contributed by atoms with Crippen molar-refractivity contribution in [2.75, 3.05) is 13.1 Å². The van der Waals surface area contributed by atoms with Gasteiger partial charge in [-0.3, -0.25) is 0 Å². The van der Waals surface area contributed by atoms with Gasteiger partial charge in [-0.2, -0.15) is 0 Å². The summed E-state index contributed by atoms with van der Waals surface area (Å²) in [6.07, 6.45) is 11.2. The van der Waals surface area contributed by atoms with E-state index in [9.17, 15) is 10.2 Å². The largest absolute Gasteiger partial charge is 0.512 e. The molecule has 0 bridgehead atoms. The summed E-state index contributed by atoms with van der Waals surface area (Å²) in [7, 11) is 0. The van der Waals surface area contributed by atoms with E-state index in [2.05, 4.69) is 32.2 Å². The zero-order valence-electron chi connectivity index (χ0n) is 18.0. The zero-order valence-corrected chi connectivity index (χ0v) is 18.0. The van der Waals surface area contributed by atoms with E-state index >= 15 is 0 Å². The van der Waals surface area contributed by atoms with Crippen molar-refractivity contribution in [3.8, 4) is 0 Å². The first-order valence-electron chi connectivity index (χ1n) is 11.9. The molecule has 3 N–H and O–H groups in total. The van der Waals surface area contributed by atoms with Crippen LogP contribution in [0.5, 0.6) is 0 Å². The minimum absolute atomic E-state index is 0.139. The highest BCUT2D eigenvalue weighted by molar-refractivity contribution is 5.34. The minimum atomic E-state index is -0.139. The van der Waals surface area contributed by atoms with Gasteiger partial charge in [0.1, 0.15) is 0 Å². The summed E-state index contributed by atoms with van der Waals surface area (Å²) in [5.41, 5.74) is 3.41. The first-order valence-corrected chi connectivity index (χ1v) is 11.9. The van der Waals surface area contributed by atoms with Crippen LogP contribution in [0.3, 0.4) is 0 Å². The lowest BCUT2D eigenvalue weighted by molar-refractivity contribution is -0.0509. The van der Waals surface area contributed by atoms with Crippen LogP contribution in [0, 0.1) is 40.4 Å². The number of aliphatic hydroxyl groups excluding tert-OH is 2. The summed E-state index contributed by atoms with van der Waals surface area (Å²) in [4.78, 5) is 0. The van der Waals surface area contributed by atoms with Gasteiger partial charge in [0, 0.05) is 13.0 Å². The molecule has 1 aliphatic heterocycles. The number of fused-ring (bicyclic) bond motifs is 5. The third kappa shape index (κ3) is 2.61. The maximum atomic E-state index is 11.1. The van der Waals surface area contributed by atoms with E-state index in [1.807, 2.05) is 0 Å². The average Bonchev–Trinajstić information content (AvgIpc) is 2.94. The molecule has 0 amide bonds. The average molecular weight is 386 g/mol. The molecule has 3 heteroatoms. The Morgan fingerprint density at radius 3 is 2.57 bits per heavy atom. The second kappa shape index (κ2) is 6.60. The Bertz CT molecular complexity index is 705. The van der Waals surface area contributed by atoms with E-state index in [4.69, 9.17) is 0 Å². The molecule has 4 aliphatic carbocycles. The van der Waals surface area contributed by atoms with Crippen molar-refractivity contribution >= 4 is 0 Å². The van der Waals surface area contributed by atoms with Crippen molar-refractivity contribution in [2.45, 2.75) is 78.2 Å². The highest BCUT2D eigenvalue weighted by Crippen LogP contribution is 2.67. The highest BCUT2D eigenvalue weighted by Gasteiger charge is 2.60. The van der Waals surface area contributed by atoms with Gasteiger partial charge in [0.2, 0.25) is 0 Å². The first kappa shape index (κ1) is 19.2. The van der Waals surface area contributed by atoms with E-state index in [0.717, 1.165) is 44.5 Å². The molecule has 0 aromatic carbocycles. The van der Waals surface area contributed by atoms with Crippen LogP contribution in [0.4, 0.5) is 0 Å². The van der Waals surface area contributed by atoms with E-state index in [1.54, 1.807) is 0 Å². The molecule has 3 fully saturated rings. The Morgan fingerprint density at radius 2 is 1.82 bits per heavy atom. The monoisotopic (exact) mass is 385 g/mol. The van der Waals surface area contributed by atoms with E-state index in [-0.39, 0.29) is 16.9 Å². The maximum Gasteiger partial charge on any atom is 0.0926 e. The van der Waals surface area contributed by atoms with Crippen LogP contribution in [0.1, 0.15) is 72.1 Å². The van der Waals surface area contributed by atoms with Gasteiger partial charge in [-0.25, -0.2) is 0 Å². The van der Waals surface area contributed by atoms with Gasteiger partial charge in [0.15, 0.2) is 0 Å². The van der Waals surface area contributed by atoms with Crippen molar-refractivity contribution < 1.29 is 10.2 Å². The second-order valence-corrected chi connectivity index (χ2v) is 11.2. The molecular weight excluding hydrogens is 346 g/mol. The summed E-state index contributed by atoms with van der Waals surface area (Å²) in [5, 5.41) is 25.0. The normalized spacial score (nSPS) is 51.2. The summed E-state index contributed by atoms with van der Waals surface area (Å²) in [6.45, 7) is 9.56. The predicted octanol–water partition coefficient (Wildman–Crippen LogP) is 4.98. The zero-order chi connectivity index (χ0) is 19.7. The quantitative estimate of drug-likeness (QED) is 0.558. The lowest BCUT2D eigenvalue weighted by Crippen LogP contribution is -2.53. The van der Waals surface area contributed by atoms with Crippen LogP contribution in [0.2, 0.25) is 0 Å². The topological polar surface area (TPSA) is 52.5 Å². The second-order valence-electron chi connectivity index (χ2n) is 11.2. The van der Waals surface area contributed by atoms with Crippen LogP contribution in [0.15, 0.2) is 23.0 Å². The molecule has 0 spiro atoms. The van der Waals surface area contributed by atoms with Crippen molar-refractivity contribution in [1.29, 1.82) is 0 Å². The van der Waals surface area contributed by atoms with Gasteiger partial charge in [0.05, 0.1) is 11.9 Å². The van der Waals surface area contributed by atoms with Gasteiger partial charge in [-0.15, -0.1) is 0 Å². The van der Waals surface area contributed by atoms with Crippen molar-refractivity contribution in [2.24, 2.45) is 40.4 Å². The van der Waals surface area contributed by atoms with Crippen LogP contribution < -0.4 is 5.32 Å². The fraction of sp³-hybridized carbons (Fsp3) is 0.840. The molecule has 1 heterocycles. The van der Waals surface area contributed by atoms with Gasteiger partial charge in [-0.05, 0) is 97.5 Å². The molecule has 3 unspecified atom stereocenters. The van der Waals surface area contributed by atoms with Gasteiger partial charge < -0.3 is 15.5 Å². The lowest BCUT2D eigenvalue weighted by Gasteiger charge is -2.59. The minimum Gasteiger partial charge on any atom is -0.512 e. The van der Waals surface area contributed by atoms with Crippen molar-refractivity contribution in [1.82, 2.24) is 5.32 Å². The molecule has 5 rings (SSSR count). The fourth-order valence-electron chi connectivity index (χ4n) is 8.48. The summed E-state index contributed by atoms with van der Waals surface area (Å²) >= 11 is 0. The van der Waals surface area contributed by atoms with Gasteiger partial charge in [-0.1, -0.05) is 32.4 Å². The number of hydrogen-bond donors (Lipinski definition) is 3. The molecule has 5 aliphatic rings. The molecule has 28 heavy (non-hydrogen) atoms. The Hall–Kier alpha value is -0.800. The smallest absolute Gasteiger partial charge is 0.0926 e. The van der Waals surface area contributed by atoms with E-state index in [1.165, 1.54) is 36.8 Å². The third-order valence-electron chi connectivity index (χ3n) is 9.84. The molecule has 0 radical (unpaired) electrons. The summed E-state index contributed by atoms with van der Waals surface area (Å²) in [6, 6.07) is 0. The standard InChI is InChI=1S/C25H39NO2/c1-15-11-17-12-18(27)6-8-24(17,2)19-7-9-25(3)20(22(15)19)13-21(28)23(25)16-5-4-10-26-14-16/h11,15-16,18-20,22,26-28H,4-10,12-14H2,1-3H3/t15?,16?,18?,19-,20-,22+,24-,25-/m0/s1. The molecule has 2 saturated carbocycles. The lowest BCUT2D eigenvalue weighted by atomic mass is 9.45. The van der Waals surface area contributed by atoms with Gasteiger partial charge >= 0.3 is 0 Å². The maximum absolute atomic E-state index is 11.1. The number of nitrogens with one attached hydrogen (secondary N) is 1. The molecular formula is C25H39NO2. The fourth-order valence-corrected chi connectivity index (χ4v) is 8.48. The van der Waals surface area contributed by atoms with Crippen LogP contribution >= 0.6 is 0 Å². The number of rotatable bonds is 1. The van der Waals surface area contributed by atoms with Crippen LogP contribution in [-0.2, 0) is 0 Å². The Morgan fingerprint density at radius 1 is 1.04 bits per heavy atom. The molecule has 0 aromatic heterocycles. The Labute approximate surface area is 170 Å². The third-order valence-corrected chi connectivity index (χ3v) is 9.84. The van der Waals surface area contributed by atoms with E-state index < -0.39 is 0 Å². The predicted molar refractivity (Wildman–Crippen MR) is 113 cm³/mol. The Kier molecular flexibility index (Phi) is 4.52. The number of allylic oxidation sites excluding steroid dienone is 2. The summed E-state index contributed by atoms with van der Waals surface area (Å²) < 4.78 is 0. The van der Waals surface area contributed by atoms with Crippen LogP contribution in [0.25, 0.3) is 0 Å².